The molecule has 0 spiro atoms. The van der Waals surface area contributed by atoms with E-state index in [-0.39, 0.29) is 18.2 Å². The molecule has 6 heteroatoms. The fraction of sp³-hybridized carbons (Fsp3) is 0.500. The Morgan fingerprint density at radius 1 is 0.917 bits per heavy atom. The molecule has 0 aromatic heterocycles. The van der Waals surface area contributed by atoms with Crippen LogP contribution in [0.3, 0.4) is 0 Å². The summed E-state index contributed by atoms with van der Waals surface area (Å²) in [6.45, 7) is 1.38. The number of unbranched alkanes of at least 4 members (excludes halogenated alkanes) is 5. The van der Waals surface area contributed by atoms with Gasteiger partial charge in [0.25, 0.3) is 0 Å². The van der Waals surface area contributed by atoms with E-state index >= 15 is 0 Å². The number of hydrogen-bond acceptors (Lipinski definition) is 3. The number of benzene rings is 1. The molecule has 24 heavy (non-hydrogen) atoms. The van der Waals surface area contributed by atoms with Crippen molar-refractivity contribution in [3.8, 4) is 0 Å². The van der Waals surface area contributed by atoms with Gasteiger partial charge in [-0.2, -0.15) is 0 Å². The van der Waals surface area contributed by atoms with Gasteiger partial charge in [-0.1, -0.05) is 43.9 Å². The molecule has 0 aliphatic heterocycles. The van der Waals surface area contributed by atoms with E-state index in [0.29, 0.717) is 18.5 Å². The second kappa shape index (κ2) is 11.2. The minimum atomic E-state index is -0.750. The Labute approximate surface area is 142 Å². The van der Waals surface area contributed by atoms with Crippen molar-refractivity contribution in [1.82, 2.24) is 5.43 Å². The highest BCUT2D eigenvalue weighted by Crippen LogP contribution is 2.14. The molecular formula is C18H26N2O4. The van der Waals surface area contributed by atoms with Gasteiger partial charge in [0.15, 0.2) is 0 Å². The number of amides is 2. The van der Waals surface area contributed by atoms with Crippen molar-refractivity contribution < 1.29 is 19.5 Å². The number of nitrogens with zero attached hydrogens (tertiary/aromatic N) is 1. The van der Waals surface area contributed by atoms with Gasteiger partial charge in [0, 0.05) is 19.8 Å². The van der Waals surface area contributed by atoms with Gasteiger partial charge in [0.05, 0.1) is 5.69 Å². The van der Waals surface area contributed by atoms with Crippen molar-refractivity contribution in [1.29, 1.82) is 0 Å². The average Bonchev–Trinajstić information content (AvgIpc) is 2.55. The fourth-order valence-electron chi connectivity index (χ4n) is 2.38. The first-order valence-electron chi connectivity index (χ1n) is 8.37. The van der Waals surface area contributed by atoms with Crippen LogP contribution in [-0.2, 0) is 14.4 Å². The van der Waals surface area contributed by atoms with E-state index in [9.17, 15) is 14.4 Å². The van der Waals surface area contributed by atoms with Gasteiger partial charge in [-0.25, -0.2) is 5.01 Å². The number of rotatable bonds is 10. The number of carboxylic acid groups (broad SMARTS) is 1. The van der Waals surface area contributed by atoms with Crippen molar-refractivity contribution in [2.45, 2.75) is 58.3 Å². The molecule has 0 saturated heterocycles. The third kappa shape index (κ3) is 8.31. The number of anilines is 1. The number of hydrazine groups is 1. The normalized spacial score (nSPS) is 10.2. The summed E-state index contributed by atoms with van der Waals surface area (Å²) in [6.07, 6.45) is 5.84. The lowest BCUT2D eigenvalue weighted by Crippen LogP contribution is -2.45. The molecule has 0 aliphatic carbocycles. The van der Waals surface area contributed by atoms with Crippen LogP contribution in [0.1, 0.15) is 58.3 Å². The van der Waals surface area contributed by atoms with E-state index in [0.717, 1.165) is 32.1 Å². The SMILES string of the molecule is CC(=O)NN(C(=O)CCCCCCCCC(=O)O)c1ccccc1. The van der Waals surface area contributed by atoms with Crippen LogP contribution in [0.5, 0.6) is 0 Å². The molecule has 0 bridgehead atoms. The second-order valence-electron chi connectivity index (χ2n) is 5.75. The molecule has 6 nitrogen and oxygen atoms in total. The van der Waals surface area contributed by atoms with Crippen molar-refractivity contribution in [3.63, 3.8) is 0 Å². The highest BCUT2D eigenvalue weighted by molar-refractivity contribution is 5.95. The number of carbonyl (C=O) groups excluding carboxylic acids is 2. The number of hydrogen-bond donors (Lipinski definition) is 2. The van der Waals surface area contributed by atoms with E-state index in [1.165, 1.54) is 11.9 Å². The minimum Gasteiger partial charge on any atom is -0.481 e. The Balaban J connectivity index is 2.30. The smallest absolute Gasteiger partial charge is 0.303 e. The molecule has 1 rings (SSSR count). The van der Waals surface area contributed by atoms with Crippen molar-refractivity contribution in [2.24, 2.45) is 0 Å². The first-order chi connectivity index (χ1) is 11.5. The lowest BCUT2D eigenvalue weighted by Gasteiger charge is -2.22. The Morgan fingerprint density at radius 2 is 1.46 bits per heavy atom. The quantitative estimate of drug-likeness (QED) is 0.508. The zero-order valence-corrected chi connectivity index (χ0v) is 14.2. The largest absolute Gasteiger partial charge is 0.481 e. The van der Waals surface area contributed by atoms with Crippen LogP contribution < -0.4 is 10.4 Å². The van der Waals surface area contributed by atoms with Crippen LogP contribution in [0.2, 0.25) is 0 Å². The molecule has 0 radical (unpaired) electrons. The van der Waals surface area contributed by atoms with Crippen molar-refractivity contribution in [2.75, 3.05) is 5.01 Å². The third-order valence-electron chi connectivity index (χ3n) is 3.56. The highest BCUT2D eigenvalue weighted by atomic mass is 16.4. The molecule has 1 aromatic carbocycles. The number of nitrogens with one attached hydrogen (secondary N) is 1. The predicted octanol–water partition coefficient (Wildman–Crippen LogP) is 3.28. The number of aliphatic carboxylic acids is 1. The van der Waals surface area contributed by atoms with E-state index in [2.05, 4.69) is 5.43 Å². The summed E-state index contributed by atoms with van der Waals surface area (Å²) in [4.78, 5) is 34.0. The second-order valence-corrected chi connectivity index (χ2v) is 5.75. The molecule has 0 fully saturated rings. The van der Waals surface area contributed by atoms with Gasteiger partial charge in [-0.15, -0.1) is 0 Å². The maximum absolute atomic E-state index is 12.3. The molecule has 0 unspecified atom stereocenters. The van der Waals surface area contributed by atoms with Crippen LogP contribution in [-0.4, -0.2) is 22.9 Å². The van der Waals surface area contributed by atoms with Crippen molar-refractivity contribution >= 4 is 23.5 Å². The van der Waals surface area contributed by atoms with Gasteiger partial charge in [0.2, 0.25) is 11.8 Å². The molecule has 0 heterocycles. The molecular weight excluding hydrogens is 308 g/mol. The van der Waals surface area contributed by atoms with Gasteiger partial charge >= 0.3 is 5.97 Å². The van der Waals surface area contributed by atoms with Gasteiger partial charge < -0.3 is 5.11 Å². The Morgan fingerprint density at radius 3 is 2.00 bits per heavy atom. The van der Waals surface area contributed by atoms with E-state index in [1.54, 1.807) is 12.1 Å². The Hall–Kier alpha value is -2.37. The van der Waals surface area contributed by atoms with Crippen LogP contribution in [0.25, 0.3) is 0 Å². The average molecular weight is 334 g/mol. The summed E-state index contributed by atoms with van der Waals surface area (Å²) in [7, 11) is 0. The maximum Gasteiger partial charge on any atom is 0.303 e. The highest BCUT2D eigenvalue weighted by Gasteiger charge is 2.16. The van der Waals surface area contributed by atoms with Crippen LogP contribution >= 0.6 is 0 Å². The summed E-state index contributed by atoms with van der Waals surface area (Å²) in [5.74, 6) is -1.17. The van der Waals surface area contributed by atoms with Crippen LogP contribution in [0.15, 0.2) is 30.3 Å². The molecule has 1 aromatic rings. The third-order valence-corrected chi connectivity index (χ3v) is 3.56. The van der Waals surface area contributed by atoms with Gasteiger partial charge in [-0.05, 0) is 25.0 Å². The molecule has 132 valence electrons. The fourth-order valence-corrected chi connectivity index (χ4v) is 2.38. The maximum atomic E-state index is 12.3. The summed E-state index contributed by atoms with van der Waals surface area (Å²) in [5.41, 5.74) is 3.21. The standard InChI is InChI=1S/C18H26N2O4/c1-15(21)19-20(16-11-7-6-8-12-16)17(22)13-9-4-2-3-5-10-14-18(23)24/h6-8,11-12H,2-5,9-10,13-14H2,1H3,(H,19,21)(H,23,24). The van der Waals surface area contributed by atoms with Gasteiger partial charge in [-0.3, -0.25) is 19.8 Å². The van der Waals surface area contributed by atoms with Crippen LogP contribution in [0, 0.1) is 0 Å². The molecule has 0 atom stereocenters. The predicted molar refractivity (Wildman–Crippen MR) is 92.3 cm³/mol. The number of carboxylic acids is 1. The molecule has 0 aliphatic rings. The molecule has 2 amide bonds. The van der Waals surface area contributed by atoms with Gasteiger partial charge in [0.1, 0.15) is 0 Å². The minimum absolute atomic E-state index is 0.137. The van der Waals surface area contributed by atoms with E-state index in [1.807, 2.05) is 18.2 Å². The first kappa shape index (κ1) is 19.7. The lowest BCUT2D eigenvalue weighted by atomic mass is 10.1. The summed E-state index contributed by atoms with van der Waals surface area (Å²) in [6, 6.07) is 9.03. The molecule has 2 N–H and O–H groups in total. The summed E-state index contributed by atoms with van der Waals surface area (Å²) < 4.78 is 0. The van der Waals surface area contributed by atoms with Crippen LogP contribution in [0.4, 0.5) is 5.69 Å². The zero-order chi connectivity index (χ0) is 17.8. The lowest BCUT2D eigenvalue weighted by molar-refractivity contribution is -0.137. The zero-order valence-electron chi connectivity index (χ0n) is 14.2. The summed E-state index contributed by atoms with van der Waals surface area (Å²) in [5, 5.41) is 9.85. The Bertz CT molecular complexity index is 531. The first-order valence-corrected chi connectivity index (χ1v) is 8.37. The molecule has 0 saturated carbocycles. The summed E-state index contributed by atoms with van der Waals surface area (Å²) >= 11 is 0. The van der Waals surface area contributed by atoms with Crippen molar-refractivity contribution in [3.05, 3.63) is 30.3 Å². The number of para-hydroxylation sites is 1. The number of carbonyl (C=O) groups is 3. The monoisotopic (exact) mass is 334 g/mol. The van der Waals surface area contributed by atoms with E-state index in [4.69, 9.17) is 5.11 Å². The Kier molecular flexibility index (Phi) is 9.19. The topological polar surface area (TPSA) is 86.7 Å². The van der Waals surface area contributed by atoms with E-state index < -0.39 is 5.97 Å².